The second kappa shape index (κ2) is 14.4. The predicted molar refractivity (Wildman–Crippen MR) is 175 cm³/mol. The molecule has 1 unspecified atom stereocenters. The van der Waals surface area contributed by atoms with Crippen molar-refractivity contribution in [2.75, 3.05) is 13.2 Å². The van der Waals surface area contributed by atoms with Crippen molar-refractivity contribution in [2.24, 2.45) is 40.2 Å². The largest absolute Gasteiger partial charge is 0.447 e. The van der Waals surface area contributed by atoms with Crippen LogP contribution in [0.2, 0.25) is 0 Å². The SMILES string of the molecule is CC(C)NC(=O)OC[C@@H](NC(=O)N[C@H](C(=O)N1C[C@H]2[C@@H]([C@H]1C(=O)NC(CC1CCC1)C(=O)C(N)=O)C2(C)C)C1CCCC1)C(C)(C)C. The Morgan fingerprint density at radius 2 is 1.55 bits per heavy atom. The molecule has 4 rings (SSSR count). The molecule has 13 heteroatoms. The molecule has 47 heavy (non-hydrogen) atoms. The normalized spacial score (nSPS) is 25.5. The molecule has 0 aromatic rings. The number of fused-ring (bicyclic) bond motifs is 1. The van der Waals surface area contributed by atoms with Gasteiger partial charge in [-0.05, 0) is 67.6 Å². The molecule has 1 aliphatic heterocycles. The fourth-order valence-electron chi connectivity index (χ4n) is 7.67. The van der Waals surface area contributed by atoms with Gasteiger partial charge in [0, 0.05) is 12.6 Å². The van der Waals surface area contributed by atoms with Crippen molar-refractivity contribution >= 4 is 35.6 Å². The summed E-state index contributed by atoms with van der Waals surface area (Å²) in [5, 5.41) is 11.3. The van der Waals surface area contributed by atoms with Crippen LogP contribution in [0.25, 0.3) is 0 Å². The monoisotopic (exact) mass is 660 g/mol. The van der Waals surface area contributed by atoms with E-state index in [2.05, 4.69) is 35.1 Å². The van der Waals surface area contributed by atoms with E-state index in [-0.39, 0.29) is 47.6 Å². The summed E-state index contributed by atoms with van der Waals surface area (Å²) in [7, 11) is 0. The number of carbonyl (C=O) groups is 6. The molecular weight excluding hydrogens is 604 g/mol. The van der Waals surface area contributed by atoms with Gasteiger partial charge in [-0.25, -0.2) is 9.59 Å². The number of nitrogens with zero attached hydrogens (tertiary/aromatic N) is 1. The molecule has 0 aromatic carbocycles. The van der Waals surface area contributed by atoms with Crippen molar-refractivity contribution in [1.29, 1.82) is 0 Å². The van der Waals surface area contributed by atoms with Gasteiger partial charge < -0.3 is 36.6 Å². The number of urea groups is 1. The van der Waals surface area contributed by atoms with Gasteiger partial charge in [-0.1, -0.05) is 66.7 Å². The van der Waals surface area contributed by atoms with E-state index in [0.717, 1.165) is 44.9 Å². The molecule has 0 bridgehead atoms. The minimum atomic E-state index is -1.09. The number of hydrogen-bond acceptors (Lipinski definition) is 7. The molecule has 13 nitrogen and oxygen atoms in total. The Morgan fingerprint density at radius 1 is 0.915 bits per heavy atom. The Kier molecular flexibility index (Phi) is 11.2. The third-order valence-electron chi connectivity index (χ3n) is 11.0. The number of nitrogens with two attached hydrogens (primary N) is 1. The molecule has 6 N–H and O–H groups in total. The van der Waals surface area contributed by atoms with Crippen LogP contribution >= 0.6 is 0 Å². The van der Waals surface area contributed by atoms with Crippen molar-refractivity contribution in [3.05, 3.63) is 0 Å². The predicted octanol–water partition coefficient (Wildman–Crippen LogP) is 2.61. The molecule has 0 aromatic heterocycles. The highest BCUT2D eigenvalue weighted by Crippen LogP contribution is 2.65. The smallest absolute Gasteiger partial charge is 0.407 e. The van der Waals surface area contributed by atoms with Crippen LogP contribution in [0.4, 0.5) is 9.59 Å². The number of nitrogens with one attached hydrogen (secondary N) is 4. The van der Waals surface area contributed by atoms with E-state index in [9.17, 15) is 28.8 Å². The number of ether oxygens (including phenoxy) is 1. The Labute approximate surface area is 278 Å². The minimum absolute atomic E-state index is 0.0592. The highest BCUT2D eigenvalue weighted by Gasteiger charge is 2.69. The van der Waals surface area contributed by atoms with Gasteiger partial charge >= 0.3 is 12.1 Å². The molecule has 264 valence electrons. The zero-order valence-electron chi connectivity index (χ0n) is 29.1. The number of piperidine rings is 1. The van der Waals surface area contributed by atoms with Gasteiger partial charge in [0.1, 0.15) is 18.7 Å². The highest BCUT2D eigenvalue weighted by atomic mass is 16.5. The summed E-state index contributed by atoms with van der Waals surface area (Å²) in [6.07, 6.45) is 6.04. The van der Waals surface area contributed by atoms with E-state index in [1.807, 2.05) is 34.6 Å². The van der Waals surface area contributed by atoms with Crippen LogP contribution in [-0.2, 0) is 23.9 Å². The average Bonchev–Trinajstić information content (AvgIpc) is 3.39. The minimum Gasteiger partial charge on any atom is -0.447 e. The van der Waals surface area contributed by atoms with Gasteiger partial charge in [0.05, 0.1) is 12.1 Å². The summed E-state index contributed by atoms with van der Waals surface area (Å²) in [5.74, 6) is -2.60. The average molecular weight is 661 g/mol. The Bertz CT molecular complexity index is 1220. The molecule has 0 radical (unpaired) electrons. The van der Waals surface area contributed by atoms with Crippen LogP contribution in [0.3, 0.4) is 0 Å². The Hall–Kier alpha value is -3.38. The lowest BCUT2D eigenvalue weighted by Gasteiger charge is -2.36. The lowest BCUT2D eigenvalue weighted by Crippen LogP contribution is -2.61. The van der Waals surface area contributed by atoms with Crippen molar-refractivity contribution in [3.8, 4) is 0 Å². The first-order chi connectivity index (χ1) is 21.9. The van der Waals surface area contributed by atoms with Crippen molar-refractivity contribution in [2.45, 2.75) is 130 Å². The molecule has 0 spiro atoms. The zero-order valence-corrected chi connectivity index (χ0v) is 29.1. The molecule has 1 heterocycles. The van der Waals surface area contributed by atoms with Gasteiger partial charge in [0.2, 0.25) is 17.6 Å². The van der Waals surface area contributed by atoms with Gasteiger partial charge in [0.25, 0.3) is 5.91 Å². The number of primary amides is 1. The Morgan fingerprint density at radius 3 is 2.09 bits per heavy atom. The van der Waals surface area contributed by atoms with E-state index in [4.69, 9.17) is 10.5 Å². The van der Waals surface area contributed by atoms with Crippen molar-refractivity contribution in [1.82, 2.24) is 26.2 Å². The quantitative estimate of drug-likeness (QED) is 0.188. The van der Waals surface area contributed by atoms with Crippen LogP contribution < -0.4 is 27.0 Å². The number of carbonyl (C=O) groups excluding carboxylic acids is 6. The topological polar surface area (TPSA) is 189 Å². The highest BCUT2D eigenvalue weighted by molar-refractivity contribution is 6.37. The molecule has 4 fully saturated rings. The number of alkyl carbamates (subject to hydrolysis) is 1. The Balaban J connectivity index is 1.50. The lowest BCUT2D eigenvalue weighted by molar-refractivity contribution is -0.144. The third kappa shape index (κ3) is 8.56. The maximum atomic E-state index is 14.4. The number of likely N-dealkylation sites (tertiary alicyclic amines) is 1. The first-order valence-corrected chi connectivity index (χ1v) is 17.4. The van der Waals surface area contributed by atoms with Gasteiger partial charge in [0.15, 0.2) is 0 Å². The summed E-state index contributed by atoms with van der Waals surface area (Å²) in [4.78, 5) is 80.2. The van der Waals surface area contributed by atoms with Gasteiger partial charge in [-0.15, -0.1) is 0 Å². The van der Waals surface area contributed by atoms with Crippen LogP contribution in [0.1, 0.15) is 99.8 Å². The number of rotatable bonds is 13. The standard InChI is InChI=1S/C34H56N6O7/c1-18(2)36-32(46)47-17-23(33(3,4)5)38-31(45)39-25(20-13-8-9-14-20)30(44)40-16-21-24(34(21,6)7)26(40)29(43)37-22(27(41)28(35)42)15-19-11-10-12-19/h18-26H,8-17H2,1-7H3,(H2,35,42)(H,36,46)(H,37,43)(H2,38,39,45)/t21-,22?,23+,24-,25-,26-/m0/s1. The summed E-state index contributed by atoms with van der Waals surface area (Å²) >= 11 is 0. The maximum Gasteiger partial charge on any atom is 0.407 e. The first kappa shape index (κ1) is 36.5. The molecule has 6 amide bonds. The van der Waals surface area contributed by atoms with E-state index in [1.165, 1.54) is 0 Å². The second-order valence-corrected chi connectivity index (χ2v) is 16.2. The lowest BCUT2D eigenvalue weighted by atomic mass is 9.80. The van der Waals surface area contributed by atoms with Crippen LogP contribution in [0.5, 0.6) is 0 Å². The summed E-state index contributed by atoms with van der Waals surface area (Å²) < 4.78 is 5.39. The summed E-state index contributed by atoms with van der Waals surface area (Å²) in [5.41, 5.74) is 4.71. The van der Waals surface area contributed by atoms with E-state index in [0.29, 0.717) is 13.0 Å². The van der Waals surface area contributed by atoms with E-state index >= 15 is 0 Å². The number of amides is 6. The molecule has 1 saturated heterocycles. The molecule has 6 atom stereocenters. The van der Waals surface area contributed by atoms with Gasteiger partial charge in [-0.2, -0.15) is 0 Å². The maximum absolute atomic E-state index is 14.4. The first-order valence-electron chi connectivity index (χ1n) is 17.4. The van der Waals surface area contributed by atoms with Gasteiger partial charge in [-0.3, -0.25) is 19.2 Å². The number of hydrogen-bond donors (Lipinski definition) is 5. The van der Waals surface area contributed by atoms with E-state index < -0.39 is 59.3 Å². The molecule has 4 aliphatic rings. The fraction of sp³-hybridized carbons (Fsp3) is 0.824. The summed E-state index contributed by atoms with van der Waals surface area (Å²) in [6, 6.07) is -3.93. The van der Waals surface area contributed by atoms with Crippen molar-refractivity contribution in [3.63, 3.8) is 0 Å². The van der Waals surface area contributed by atoms with Crippen LogP contribution in [-0.4, -0.2) is 83.9 Å². The number of ketones is 1. The summed E-state index contributed by atoms with van der Waals surface area (Å²) in [6.45, 7) is 13.8. The van der Waals surface area contributed by atoms with Crippen LogP contribution in [0, 0.1) is 34.5 Å². The molecular formula is C34H56N6O7. The second-order valence-electron chi connectivity index (χ2n) is 16.2. The molecule has 3 saturated carbocycles. The third-order valence-corrected chi connectivity index (χ3v) is 11.0. The van der Waals surface area contributed by atoms with E-state index in [1.54, 1.807) is 4.90 Å². The number of Topliss-reactive ketones (excluding diaryl/α,β-unsaturated/α-hetero) is 1. The van der Waals surface area contributed by atoms with Crippen molar-refractivity contribution < 1.29 is 33.5 Å². The molecule has 3 aliphatic carbocycles. The zero-order chi connectivity index (χ0) is 34.8. The fourth-order valence-corrected chi connectivity index (χ4v) is 7.67. The van der Waals surface area contributed by atoms with Crippen LogP contribution in [0.15, 0.2) is 0 Å².